The van der Waals surface area contributed by atoms with Crippen molar-refractivity contribution in [3.63, 3.8) is 0 Å². The second kappa shape index (κ2) is 6.50. The number of piperidine rings is 1. The fourth-order valence-electron chi connectivity index (χ4n) is 3.53. The molecule has 3 heterocycles. The van der Waals surface area contributed by atoms with Crippen LogP contribution in [0.25, 0.3) is 21.5 Å². The average Bonchev–Trinajstić information content (AvgIpc) is 3.23. The van der Waals surface area contributed by atoms with Gasteiger partial charge in [0.15, 0.2) is 0 Å². The third-order valence-electron chi connectivity index (χ3n) is 4.91. The summed E-state index contributed by atoms with van der Waals surface area (Å²) in [4.78, 5) is 16.2. The van der Waals surface area contributed by atoms with Crippen molar-refractivity contribution < 1.29 is 15.0 Å². The third-order valence-corrected chi connectivity index (χ3v) is 6.10. The lowest BCUT2D eigenvalue weighted by Gasteiger charge is -2.37. The number of nitrogens with zero attached hydrogens (tertiary/aromatic N) is 3. The van der Waals surface area contributed by atoms with Crippen LogP contribution in [0.15, 0.2) is 36.4 Å². The molecule has 1 aliphatic heterocycles. The molecule has 2 N–H and O–H groups in total. The molecule has 136 valence electrons. The van der Waals surface area contributed by atoms with E-state index in [9.17, 15) is 15.0 Å². The van der Waals surface area contributed by atoms with Crippen LogP contribution in [0.4, 0.5) is 0 Å². The number of likely N-dealkylation sites (tertiary alicyclic amines) is 1. The quantitative estimate of drug-likeness (QED) is 0.740. The van der Waals surface area contributed by atoms with E-state index in [-0.39, 0.29) is 19.1 Å². The first-order valence-corrected chi connectivity index (χ1v) is 9.47. The second-order valence-electron chi connectivity index (χ2n) is 6.88. The Morgan fingerprint density at radius 2 is 2.12 bits per heavy atom. The summed E-state index contributed by atoms with van der Waals surface area (Å²) in [6, 6.07) is 11.8. The van der Waals surface area contributed by atoms with Crippen LogP contribution in [-0.2, 0) is 7.05 Å². The summed E-state index contributed by atoms with van der Waals surface area (Å²) in [6.45, 7) is 0.435. The Morgan fingerprint density at radius 3 is 2.85 bits per heavy atom. The standard InChI is InChI=1S/C19H21N3O3S/c1-21-18-14(16(20-21)13-6-3-2-4-7-13)10-15(26-18)17(24)22-9-5-8-19(25,11-22)12-23/h2-4,6-7,10,23,25H,5,8-9,11-12H2,1H3/t19-/m0/s1. The first-order chi connectivity index (χ1) is 12.5. The highest BCUT2D eigenvalue weighted by atomic mass is 32.1. The predicted molar refractivity (Wildman–Crippen MR) is 101 cm³/mol. The zero-order valence-electron chi connectivity index (χ0n) is 14.6. The maximum absolute atomic E-state index is 12.9. The Morgan fingerprint density at radius 1 is 1.35 bits per heavy atom. The molecule has 0 aliphatic carbocycles. The summed E-state index contributed by atoms with van der Waals surface area (Å²) in [5.74, 6) is -0.100. The van der Waals surface area contributed by atoms with Gasteiger partial charge in [0.1, 0.15) is 16.1 Å². The number of rotatable bonds is 3. The number of aliphatic hydroxyl groups is 2. The summed E-state index contributed by atoms with van der Waals surface area (Å²) >= 11 is 1.41. The number of aliphatic hydroxyl groups excluding tert-OH is 1. The van der Waals surface area contributed by atoms with E-state index in [0.717, 1.165) is 21.5 Å². The summed E-state index contributed by atoms with van der Waals surface area (Å²) < 4.78 is 1.80. The molecule has 0 unspecified atom stereocenters. The van der Waals surface area contributed by atoms with E-state index < -0.39 is 5.60 Å². The number of carbonyl (C=O) groups excluding carboxylic acids is 1. The van der Waals surface area contributed by atoms with E-state index >= 15 is 0 Å². The summed E-state index contributed by atoms with van der Waals surface area (Å²) in [7, 11) is 1.88. The smallest absolute Gasteiger partial charge is 0.264 e. The van der Waals surface area contributed by atoms with Gasteiger partial charge in [0.2, 0.25) is 0 Å². The number of hydrogen-bond donors (Lipinski definition) is 2. The van der Waals surface area contributed by atoms with E-state index in [4.69, 9.17) is 0 Å². The van der Waals surface area contributed by atoms with Gasteiger partial charge in [-0.2, -0.15) is 5.10 Å². The van der Waals surface area contributed by atoms with Crippen molar-refractivity contribution in [3.8, 4) is 11.3 Å². The van der Waals surface area contributed by atoms with Crippen LogP contribution in [0.5, 0.6) is 0 Å². The molecule has 1 atom stereocenters. The lowest BCUT2D eigenvalue weighted by Crippen LogP contribution is -2.52. The van der Waals surface area contributed by atoms with Gasteiger partial charge in [0.25, 0.3) is 5.91 Å². The number of fused-ring (bicyclic) bond motifs is 1. The number of thiophene rings is 1. The van der Waals surface area contributed by atoms with E-state index in [1.165, 1.54) is 11.3 Å². The van der Waals surface area contributed by atoms with Gasteiger partial charge < -0.3 is 15.1 Å². The van der Waals surface area contributed by atoms with Crippen molar-refractivity contribution in [2.45, 2.75) is 18.4 Å². The molecule has 0 bridgehead atoms. The number of benzene rings is 1. The average molecular weight is 371 g/mol. The SMILES string of the molecule is Cn1nc(-c2ccccc2)c2cc(C(=O)N3CCC[C@@](O)(CO)C3)sc21. The number of amides is 1. The zero-order valence-corrected chi connectivity index (χ0v) is 15.4. The number of carbonyl (C=O) groups is 1. The highest BCUT2D eigenvalue weighted by molar-refractivity contribution is 7.20. The number of aromatic nitrogens is 2. The molecule has 7 heteroatoms. The Labute approximate surface area is 155 Å². The van der Waals surface area contributed by atoms with Crippen molar-refractivity contribution in [2.75, 3.05) is 19.7 Å². The molecule has 3 aromatic rings. The fraction of sp³-hybridized carbons (Fsp3) is 0.368. The molecular weight excluding hydrogens is 350 g/mol. The van der Waals surface area contributed by atoms with Gasteiger partial charge >= 0.3 is 0 Å². The normalized spacial score (nSPS) is 20.7. The maximum atomic E-state index is 12.9. The minimum atomic E-state index is -1.19. The maximum Gasteiger partial charge on any atom is 0.264 e. The van der Waals surface area contributed by atoms with Crippen LogP contribution in [-0.4, -0.2) is 56.1 Å². The van der Waals surface area contributed by atoms with Crippen LogP contribution in [0.2, 0.25) is 0 Å². The van der Waals surface area contributed by atoms with Gasteiger partial charge in [0, 0.05) is 24.5 Å². The number of β-amino-alcohol motifs (C(OH)–C–C–N with tert-alkyl or cyclic N) is 1. The highest BCUT2D eigenvalue weighted by Gasteiger charge is 2.35. The molecule has 4 rings (SSSR count). The Kier molecular flexibility index (Phi) is 4.30. The van der Waals surface area contributed by atoms with E-state index in [2.05, 4.69) is 5.10 Å². The highest BCUT2D eigenvalue weighted by Crippen LogP contribution is 2.34. The first-order valence-electron chi connectivity index (χ1n) is 8.65. The molecule has 1 aliphatic rings. The van der Waals surface area contributed by atoms with Crippen LogP contribution in [0.1, 0.15) is 22.5 Å². The summed E-state index contributed by atoms with van der Waals surface area (Å²) in [6.07, 6.45) is 1.20. The summed E-state index contributed by atoms with van der Waals surface area (Å²) in [5.41, 5.74) is 0.688. The van der Waals surface area contributed by atoms with E-state index in [1.807, 2.05) is 43.4 Å². The van der Waals surface area contributed by atoms with E-state index in [1.54, 1.807) is 9.58 Å². The molecule has 2 aromatic heterocycles. The zero-order chi connectivity index (χ0) is 18.3. The molecule has 0 radical (unpaired) electrons. The fourth-order valence-corrected chi connectivity index (χ4v) is 4.57. The van der Waals surface area contributed by atoms with Crippen molar-refractivity contribution in [3.05, 3.63) is 41.3 Å². The Hall–Kier alpha value is -2.22. The van der Waals surface area contributed by atoms with Gasteiger partial charge in [-0.15, -0.1) is 11.3 Å². The molecule has 0 spiro atoms. The molecule has 1 fully saturated rings. The largest absolute Gasteiger partial charge is 0.393 e. The van der Waals surface area contributed by atoms with Crippen LogP contribution < -0.4 is 0 Å². The van der Waals surface area contributed by atoms with Gasteiger partial charge in [-0.1, -0.05) is 30.3 Å². The Balaban J connectivity index is 1.69. The lowest BCUT2D eigenvalue weighted by molar-refractivity contribution is -0.0597. The minimum Gasteiger partial charge on any atom is -0.393 e. The molecule has 1 amide bonds. The van der Waals surface area contributed by atoms with Crippen LogP contribution in [0, 0.1) is 0 Å². The van der Waals surface area contributed by atoms with Crippen LogP contribution >= 0.6 is 11.3 Å². The summed E-state index contributed by atoms with van der Waals surface area (Å²) in [5, 5.41) is 25.3. The van der Waals surface area contributed by atoms with E-state index in [0.29, 0.717) is 24.3 Å². The molecule has 26 heavy (non-hydrogen) atoms. The number of hydrogen-bond acceptors (Lipinski definition) is 5. The van der Waals surface area contributed by atoms with Gasteiger partial charge in [-0.3, -0.25) is 9.48 Å². The molecule has 0 saturated carbocycles. The first kappa shape index (κ1) is 17.2. The molecule has 1 aromatic carbocycles. The topological polar surface area (TPSA) is 78.6 Å². The molecule has 1 saturated heterocycles. The van der Waals surface area contributed by atoms with Crippen molar-refractivity contribution in [1.29, 1.82) is 0 Å². The third kappa shape index (κ3) is 2.92. The predicted octanol–water partition coefficient (Wildman–Crippen LogP) is 2.26. The Bertz CT molecular complexity index is 950. The van der Waals surface area contributed by atoms with Crippen LogP contribution in [0.3, 0.4) is 0 Å². The van der Waals surface area contributed by atoms with Crippen molar-refractivity contribution in [2.24, 2.45) is 7.05 Å². The molecule has 6 nitrogen and oxygen atoms in total. The molecular formula is C19H21N3O3S. The number of aryl methyl sites for hydroxylation is 1. The second-order valence-corrected chi connectivity index (χ2v) is 7.91. The van der Waals surface area contributed by atoms with Gasteiger partial charge in [0.05, 0.1) is 18.0 Å². The minimum absolute atomic E-state index is 0.100. The van der Waals surface area contributed by atoms with Crippen molar-refractivity contribution >= 4 is 27.5 Å². The monoisotopic (exact) mass is 371 g/mol. The van der Waals surface area contributed by atoms with Gasteiger partial charge in [-0.25, -0.2) is 0 Å². The van der Waals surface area contributed by atoms with Crippen molar-refractivity contribution in [1.82, 2.24) is 14.7 Å². The lowest BCUT2D eigenvalue weighted by atomic mass is 9.94. The van der Waals surface area contributed by atoms with Gasteiger partial charge in [-0.05, 0) is 18.9 Å².